The van der Waals surface area contributed by atoms with Crippen molar-refractivity contribution in [2.75, 3.05) is 0 Å². The number of rotatable bonds is 6. The molecule has 130 valence electrons. The first-order chi connectivity index (χ1) is 12.0. The lowest BCUT2D eigenvalue weighted by molar-refractivity contribution is 0.0898. The summed E-state index contributed by atoms with van der Waals surface area (Å²) in [6.45, 7) is 3.82. The van der Waals surface area contributed by atoms with Crippen LogP contribution >= 0.6 is 0 Å². The third-order valence-electron chi connectivity index (χ3n) is 3.85. The fourth-order valence-corrected chi connectivity index (χ4v) is 2.48. The smallest absolute Gasteiger partial charge is 0.273 e. The Kier molecular flexibility index (Phi) is 4.95. The van der Waals surface area contributed by atoms with Gasteiger partial charge in [0.25, 0.3) is 5.91 Å². The zero-order valence-corrected chi connectivity index (χ0v) is 14.1. The van der Waals surface area contributed by atoms with E-state index in [2.05, 4.69) is 15.6 Å². The number of aromatic nitrogens is 3. The van der Waals surface area contributed by atoms with E-state index in [1.807, 2.05) is 38.1 Å². The van der Waals surface area contributed by atoms with Crippen LogP contribution in [-0.2, 0) is 0 Å². The van der Waals surface area contributed by atoms with Crippen molar-refractivity contribution in [3.63, 3.8) is 0 Å². The zero-order chi connectivity index (χ0) is 17.8. The van der Waals surface area contributed by atoms with Gasteiger partial charge in [-0.2, -0.15) is 0 Å². The average Bonchev–Trinajstić information content (AvgIpc) is 3.27. The van der Waals surface area contributed by atoms with Gasteiger partial charge < -0.3 is 14.8 Å². The summed E-state index contributed by atoms with van der Waals surface area (Å²) in [5.74, 6) is 0.143. The molecule has 0 aliphatic rings. The van der Waals surface area contributed by atoms with E-state index in [1.165, 1.54) is 6.26 Å². The molecule has 1 aromatic carbocycles. The maximum Gasteiger partial charge on any atom is 0.273 e. The predicted octanol–water partition coefficient (Wildman–Crippen LogP) is 2.41. The van der Waals surface area contributed by atoms with Crippen molar-refractivity contribution < 1.29 is 14.3 Å². The summed E-state index contributed by atoms with van der Waals surface area (Å²) in [4.78, 5) is 12.3. The molecule has 0 fully saturated rings. The molecule has 0 spiro atoms. The van der Waals surface area contributed by atoms with E-state index in [9.17, 15) is 9.90 Å². The molecule has 7 nitrogen and oxygen atoms in total. The lowest BCUT2D eigenvalue weighted by Crippen LogP contribution is -2.34. The second-order valence-corrected chi connectivity index (χ2v) is 6.03. The number of hydrogen-bond acceptors (Lipinski definition) is 5. The fraction of sp³-hybridized carbons (Fsp3) is 0.278. The van der Waals surface area contributed by atoms with E-state index in [4.69, 9.17) is 4.42 Å². The molecule has 2 heterocycles. The summed E-state index contributed by atoms with van der Waals surface area (Å²) in [5.41, 5.74) is 2.20. The summed E-state index contributed by atoms with van der Waals surface area (Å²) >= 11 is 0. The quantitative estimate of drug-likeness (QED) is 0.719. The largest absolute Gasteiger partial charge is 0.467 e. The number of carbonyl (C=O) groups is 1. The van der Waals surface area contributed by atoms with Crippen molar-refractivity contribution in [3.05, 3.63) is 65.9 Å². The van der Waals surface area contributed by atoms with Crippen LogP contribution in [0.1, 0.15) is 41.3 Å². The Balaban J connectivity index is 1.60. The number of carbonyl (C=O) groups excluding carboxylic acids is 1. The Morgan fingerprint density at radius 2 is 2.08 bits per heavy atom. The summed E-state index contributed by atoms with van der Waals surface area (Å²) < 4.78 is 6.71. The highest BCUT2D eigenvalue weighted by molar-refractivity contribution is 5.92. The van der Waals surface area contributed by atoms with Crippen LogP contribution in [0.5, 0.6) is 0 Å². The van der Waals surface area contributed by atoms with E-state index in [-0.39, 0.29) is 17.6 Å². The number of aliphatic hydroxyl groups excluding tert-OH is 1. The average molecular weight is 340 g/mol. The molecule has 3 aromatic rings. The van der Waals surface area contributed by atoms with Crippen LogP contribution in [0.25, 0.3) is 5.69 Å². The molecule has 2 atom stereocenters. The molecule has 0 aliphatic heterocycles. The predicted molar refractivity (Wildman–Crippen MR) is 91.3 cm³/mol. The van der Waals surface area contributed by atoms with Crippen LogP contribution in [0.3, 0.4) is 0 Å². The van der Waals surface area contributed by atoms with Gasteiger partial charge in [-0.15, -0.1) is 5.10 Å². The van der Waals surface area contributed by atoms with Crippen molar-refractivity contribution in [3.8, 4) is 5.69 Å². The third-order valence-corrected chi connectivity index (χ3v) is 3.85. The first kappa shape index (κ1) is 16.9. The Labute approximate surface area is 145 Å². The number of aryl methyl sites for hydroxylation is 1. The molecule has 7 heteroatoms. The minimum atomic E-state index is -0.770. The van der Waals surface area contributed by atoms with Gasteiger partial charge in [0.1, 0.15) is 11.9 Å². The first-order valence-corrected chi connectivity index (χ1v) is 8.04. The molecule has 1 amide bonds. The van der Waals surface area contributed by atoms with Gasteiger partial charge in [0, 0.05) is 12.5 Å². The van der Waals surface area contributed by atoms with Crippen molar-refractivity contribution in [2.24, 2.45) is 0 Å². The first-order valence-electron chi connectivity index (χ1n) is 8.04. The van der Waals surface area contributed by atoms with E-state index in [1.54, 1.807) is 23.0 Å². The molecular formula is C18H20N4O3. The van der Waals surface area contributed by atoms with Crippen LogP contribution in [0.4, 0.5) is 0 Å². The standard InChI is InChI=1S/C18H20N4O3/c1-12-5-7-14(8-6-12)22-11-15(20-21-22)18(24)19-13(2)10-16(23)17-4-3-9-25-17/h3-9,11,13,16,23H,10H2,1-2H3,(H,19,24). The fourth-order valence-electron chi connectivity index (χ4n) is 2.48. The van der Waals surface area contributed by atoms with Gasteiger partial charge >= 0.3 is 0 Å². The molecule has 0 aliphatic carbocycles. The Bertz CT molecular complexity index is 824. The third kappa shape index (κ3) is 4.13. The highest BCUT2D eigenvalue weighted by atomic mass is 16.4. The number of hydrogen-bond donors (Lipinski definition) is 2. The number of furan rings is 1. The van der Waals surface area contributed by atoms with Crippen molar-refractivity contribution in [2.45, 2.75) is 32.4 Å². The van der Waals surface area contributed by atoms with Crippen LogP contribution in [0.2, 0.25) is 0 Å². The molecule has 2 unspecified atom stereocenters. The highest BCUT2D eigenvalue weighted by Gasteiger charge is 2.18. The lowest BCUT2D eigenvalue weighted by Gasteiger charge is -2.15. The van der Waals surface area contributed by atoms with Gasteiger partial charge in [-0.1, -0.05) is 22.9 Å². The topological polar surface area (TPSA) is 93.2 Å². The van der Waals surface area contributed by atoms with Gasteiger partial charge in [0.05, 0.1) is 18.1 Å². The summed E-state index contributed by atoms with van der Waals surface area (Å²) in [5, 5.41) is 20.8. The van der Waals surface area contributed by atoms with Crippen LogP contribution < -0.4 is 5.32 Å². The minimum absolute atomic E-state index is 0.222. The van der Waals surface area contributed by atoms with E-state index < -0.39 is 6.10 Å². The monoisotopic (exact) mass is 340 g/mol. The van der Waals surface area contributed by atoms with Gasteiger partial charge in [-0.3, -0.25) is 4.79 Å². The van der Waals surface area contributed by atoms with Crippen molar-refractivity contribution in [1.29, 1.82) is 0 Å². The molecule has 0 radical (unpaired) electrons. The zero-order valence-electron chi connectivity index (χ0n) is 14.1. The van der Waals surface area contributed by atoms with E-state index >= 15 is 0 Å². The molecule has 0 bridgehead atoms. The number of aliphatic hydroxyl groups is 1. The molecule has 2 N–H and O–H groups in total. The van der Waals surface area contributed by atoms with Crippen LogP contribution in [0.15, 0.2) is 53.3 Å². The number of benzene rings is 1. The molecular weight excluding hydrogens is 320 g/mol. The number of nitrogens with one attached hydrogen (secondary N) is 1. The Hall–Kier alpha value is -2.93. The Morgan fingerprint density at radius 3 is 2.76 bits per heavy atom. The second kappa shape index (κ2) is 7.31. The van der Waals surface area contributed by atoms with Gasteiger partial charge in [-0.25, -0.2) is 4.68 Å². The normalized spacial score (nSPS) is 13.4. The molecule has 0 saturated carbocycles. The molecule has 25 heavy (non-hydrogen) atoms. The maximum atomic E-state index is 12.3. The van der Waals surface area contributed by atoms with Gasteiger partial charge in [0.15, 0.2) is 5.69 Å². The molecule has 2 aromatic heterocycles. The van der Waals surface area contributed by atoms with E-state index in [0.717, 1.165) is 11.3 Å². The molecule has 3 rings (SSSR count). The summed E-state index contributed by atoms with van der Waals surface area (Å²) in [6.07, 6.45) is 2.65. The van der Waals surface area contributed by atoms with Crippen LogP contribution in [0, 0.1) is 6.92 Å². The number of nitrogens with zero attached hydrogens (tertiary/aromatic N) is 3. The Morgan fingerprint density at radius 1 is 1.32 bits per heavy atom. The SMILES string of the molecule is Cc1ccc(-n2cc(C(=O)NC(C)CC(O)c3ccco3)nn2)cc1. The molecule has 0 saturated heterocycles. The lowest BCUT2D eigenvalue weighted by atomic mass is 10.1. The van der Waals surface area contributed by atoms with Crippen LogP contribution in [-0.4, -0.2) is 32.0 Å². The summed E-state index contributed by atoms with van der Waals surface area (Å²) in [7, 11) is 0. The van der Waals surface area contributed by atoms with Crippen molar-refractivity contribution >= 4 is 5.91 Å². The minimum Gasteiger partial charge on any atom is -0.467 e. The van der Waals surface area contributed by atoms with E-state index in [0.29, 0.717) is 12.2 Å². The van der Waals surface area contributed by atoms with Crippen molar-refractivity contribution in [1.82, 2.24) is 20.3 Å². The second-order valence-electron chi connectivity index (χ2n) is 6.03. The number of amides is 1. The van der Waals surface area contributed by atoms with Gasteiger partial charge in [0.2, 0.25) is 0 Å². The van der Waals surface area contributed by atoms with Gasteiger partial charge in [-0.05, 0) is 38.1 Å². The summed E-state index contributed by atoms with van der Waals surface area (Å²) in [6, 6.07) is 10.9. The highest BCUT2D eigenvalue weighted by Crippen LogP contribution is 2.18. The maximum absolute atomic E-state index is 12.3.